The standard InChI is InChI=1S/C15H6Br2ClFOS/c16-10-6-12-8(3-4-21-12)14(17)13(10)15(20)9-5-7(19)1-2-11(9)18/h1-6H. The Morgan fingerprint density at radius 3 is 2.71 bits per heavy atom. The summed E-state index contributed by atoms with van der Waals surface area (Å²) in [6.45, 7) is 0. The summed E-state index contributed by atoms with van der Waals surface area (Å²) in [6, 6.07) is 7.58. The highest BCUT2D eigenvalue weighted by Gasteiger charge is 2.21. The molecular weight excluding hydrogens is 442 g/mol. The molecular formula is C15H6Br2ClFOS. The van der Waals surface area contributed by atoms with E-state index in [0.717, 1.165) is 16.2 Å². The fraction of sp³-hybridized carbons (Fsp3) is 0. The van der Waals surface area contributed by atoms with Gasteiger partial charge in [0.25, 0.3) is 0 Å². The zero-order valence-corrected chi connectivity index (χ0v) is 15.0. The van der Waals surface area contributed by atoms with Crippen LogP contribution in [0.4, 0.5) is 4.39 Å². The molecule has 0 N–H and O–H groups in total. The first kappa shape index (κ1) is 15.2. The monoisotopic (exact) mass is 446 g/mol. The van der Waals surface area contributed by atoms with Crippen molar-refractivity contribution in [3.05, 3.63) is 66.6 Å². The number of thiophene rings is 1. The number of carbonyl (C=O) groups excluding carboxylic acids is 1. The van der Waals surface area contributed by atoms with Gasteiger partial charge in [-0.3, -0.25) is 4.79 Å². The highest BCUT2D eigenvalue weighted by atomic mass is 79.9. The normalized spacial score (nSPS) is 11.0. The second-order valence-corrected chi connectivity index (χ2v) is 7.34. The molecule has 0 bridgehead atoms. The fourth-order valence-electron chi connectivity index (χ4n) is 2.06. The molecule has 0 spiro atoms. The van der Waals surface area contributed by atoms with Gasteiger partial charge >= 0.3 is 0 Å². The number of halogens is 4. The summed E-state index contributed by atoms with van der Waals surface area (Å²) >= 11 is 14.5. The third-order valence-electron chi connectivity index (χ3n) is 3.05. The third-order valence-corrected chi connectivity index (χ3v) is 5.69. The zero-order chi connectivity index (χ0) is 15.1. The van der Waals surface area contributed by atoms with Gasteiger partial charge < -0.3 is 0 Å². The van der Waals surface area contributed by atoms with Gasteiger partial charge in [-0.15, -0.1) is 11.3 Å². The van der Waals surface area contributed by atoms with Gasteiger partial charge in [0.05, 0.1) is 10.6 Å². The van der Waals surface area contributed by atoms with Crippen molar-refractivity contribution in [2.24, 2.45) is 0 Å². The second kappa shape index (κ2) is 5.80. The molecule has 0 aliphatic rings. The van der Waals surface area contributed by atoms with E-state index >= 15 is 0 Å². The van der Waals surface area contributed by atoms with E-state index in [9.17, 15) is 9.18 Å². The summed E-state index contributed by atoms with van der Waals surface area (Å²) in [5.41, 5.74) is 0.584. The van der Waals surface area contributed by atoms with Gasteiger partial charge in [0, 0.05) is 24.6 Å². The van der Waals surface area contributed by atoms with Gasteiger partial charge in [-0.05, 0) is 67.6 Å². The Hall–Kier alpha value is -0.750. The quantitative estimate of drug-likeness (QED) is 0.412. The first-order chi connectivity index (χ1) is 9.99. The molecule has 0 saturated heterocycles. The fourth-order valence-corrected chi connectivity index (χ4v) is 4.99. The summed E-state index contributed by atoms with van der Waals surface area (Å²) in [4.78, 5) is 12.7. The Kier molecular flexibility index (Phi) is 4.19. The number of benzene rings is 2. The average Bonchev–Trinajstić information content (AvgIpc) is 2.89. The molecule has 1 heterocycles. The van der Waals surface area contributed by atoms with E-state index < -0.39 is 5.82 Å². The highest BCUT2D eigenvalue weighted by Crippen LogP contribution is 2.38. The molecule has 0 radical (unpaired) electrons. The van der Waals surface area contributed by atoms with Crippen LogP contribution >= 0.6 is 54.8 Å². The predicted octanol–water partition coefficient (Wildman–Crippen LogP) is 6.45. The van der Waals surface area contributed by atoms with Gasteiger partial charge in [0.1, 0.15) is 5.82 Å². The first-order valence-corrected chi connectivity index (χ1v) is 8.68. The van der Waals surface area contributed by atoms with Crippen molar-refractivity contribution in [1.29, 1.82) is 0 Å². The minimum atomic E-state index is -0.494. The van der Waals surface area contributed by atoms with Gasteiger partial charge in [-0.1, -0.05) is 11.6 Å². The molecule has 0 amide bonds. The largest absolute Gasteiger partial charge is 0.288 e. The van der Waals surface area contributed by atoms with Crippen molar-refractivity contribution in [3.8, 4) is 0 Å². The Labute approximate surface area is 146 Å². The van der Waals surface area contributed by atoms with Crippen molar-refractivity contribution in [2.75, 3.05) is 0 Å². The number of fused-ring (bicyclic) bond motifs is 1. The summed E-state index contributed by atoms with van der Waals surface area (Å²) in [5.74, 6) is -0.821. The van der Waals surface area contributed by atoms with Crippen molar-refractivity contribution in [2.45, 2.75) is 0 Å². The minimum Gasteiger partial charge on any atom is -0.288 e. The van der Waals surface area contributed by atoms with Crippen LogP contribution < -0.4 is 0 Å². The van der Waals surface area contributed by atoms with Gasteiger partial charge in [0.15, 0.2) is 5.78 Å². The molecule has 0 aliphatic carbocycles. The molecule has 3 aromatic rings. The minimum absolute atomic E-state index is 0.146. The van der Waals surface area contributed by atoms with Crippen molar-refractivity contribution >= 4 is 70.7 Å². The van der Waals surface area contributed by atoms with E-state index in [-0.39, 0.29) is 16.4 Å². The van der Waals surface area contributed by atoms with Crippen LogP contribution in [0.2, 0.25) is 5.02 Å². The van der Waals surface area contributed by atoms with Crippen LogP contribution in [0.3, 0.4) is 0 Å². The molecule has 2 aromatic carbocycles. The lowest BCUT2D eigenvalue weighted by Crippen LogP contribution is -2.05. The summed E-state index contributed by atoms with van der Waals surface area (Å²) in [5, 5.41) is 3.12. The molecule has 106 valence electrons. The number of hydrogen-bond donors (Lipinski definition) is 0. The second-order valence-electron chi connectivity index (χ2n) is 4.33. The molecule has 6 heteroatoms. The Balaban J connectivity index is 2.24. The molecule has 1 aromatic heterocycles. The van der Waals surface area contributed by atoms with Crippen LogP contribution in [0.1, 0.15) is 15.9 Å². The number of carbonyl (C=O) groups is 1. The lowest BCUT2D eigenvalue weighted by molar-refractivity contribution is 0.103. The number of rotatable bonds is 2. The van der Waals surface area contributed by atoms with Crippen LogP contribution in [0.15, 0.2) is 44.7 Å². The Morgan fingerprint density at radius 1 is 1.19 bits per heavy atom. The smallest absolute Gasteiger partial charge is 0.196 e. The van der Waals surface area contributed by atoms with Crippen LogP contribution in [0, 0.1) is 5.82 Å². The molecule has 0 unspecified atom stereocenters. The van der Waals surface area contributed by atoms with Gasteiger partial charge in [-0.2, -0.15) is 0 Å². The van der Waals surface area contributed by atoms with Crippen molar-refractivity contribution in [3.63, 3.8) is 0 Å². The molecule has 21 heavy (non-hydrogen) atoms. The van der Waals surface area contributed by atoms with Crippen LogP contribution in [-0.4, -0.2) is 5.78 Å². The first-order valence-electron chi connectivity index (χ1n) is 5.84. The molecule has 0 aliphatic heterocycles. The van der Waals surface area contributed by atoms with E-state index in [0.29, 0.717) is 14.5 Å². The van der Waals surface area contributed by atoms with Crippen molar-refractivity contribution < 1.29 is 9.18 Å². The van der Waals surface area contributed by atoms with E-state index in [1.165, 1.54) is 12.1 Å². The van der Waals surface area contributed by atoms with Gasteiger partial charge in [-0.25, -0.2) is 4.39 Å². The predicted molar refractivity (Wildman–Crippen MR) is 92.1 cm³/mol. The molecule has 0 fully saturated rings. The third kappa shape index (κ3) is 2.68. The topological polar surface area (TPSA) is 17.1 Å². The van der Waals surface area contributed by atoms with Crippen LogP contribution in [-0.2, 0) is 0 Å². The van der Waals surface area contributed by atoms with Crippen LogP contribution in [0.25, 0.3) is 10.1 Å². The summed E-state index contributed by atoms with van der Waals surface area (Å²) in [6.07, 6.45) is 0. The lowest BCUT2D eigenvalue weighted by Gasteiger charge is -2.09. The Bertz CT molecular complexity index is 875. The molecule has 0 atom stereocenters. The summed E-state index contributed by atoms with van der Waals surface area (Å²) in [7, 11) is 0. The molecule has 0 saturated carbocycles. The maximum atomic E-state index is 13.4. The van der Waals surface area contributed by atoms with E-state index in [2.05, 4.69) is 31.9 Å². The van der Waals surface area contributed by atoms with E-state index in [1.54, 1.807) is 11.3 Å². The van der Waals surface area contributed by atoms with Gasteiger partial charge in [0.2, 0.25) is 0 Å². The zero-order valence-electron chi connectivity index (χ0n) is 10.3. The SMILES string of the molecule is O=C(c1cc(F)ccc1Cl)c1c(Br)cc2sccc2c1Br. The maximum absolute atomic E-state index is 13.4. The van der Waals surface area contributed by atoms with E-state index in [1.807, 2.05) is 17.5 Å². The van der Waals surface area contributed by atoms with Crippen molar-refractivity contribution in [1.82, 2.24) is 0 Å². The van der Waals surface area contributed by atoms with Crippen LogP contribution in [0.5, 0.6) is 0 Å². The number of hydrogen-bond acceptors (Lipinski definition) is 2. The summed E-state index contributed by atoms with van der Waals surface area (Å²) < 4.78 is 15.8. The molecule has 3 rings (SSSR count). The average molecular weight is 449 g/mol. The number of ketones is 1. The maximum Gasteiger partial charge on any atom is 0.196 e. The molecule has 1 nitrogen and oxygen atoms in total. The highest BCUT2D eigenvalue weighted by molar-refractivity contribution is 9.11. The van der Waals surface area contributed by atoms with E-state index in [4.69, 9.17) is 11.6 Å². The lowest BCUT2D eigenvalue weighted by atomic mass is 10.0. The Morgan fingerprint density at radius 2 is 1.95 bits per heavy atom.